The molecule has 21 heavy (non-hydrogen) atoms. The molecule has 5 nitrogen and oxygen atoms in total. The fraction of sp³-hybridized carbons (Fsp3) is 0.875. The van der Waals surface area contributed by atoms with Crippen LogP contribution >= 0.6 is 0 Å². The van der Waals surface area contributed by atoms with Crippen molar-refractivity contribution in [3.05, 3.63) is 11.7 Å². The van der Waals surface area contributed by atoms with Crippen LogP contribution in [0.25, 0.3) is 0 Å². The maximum atomic E-state index is 6.26. The Morgan fingerprint density at radius 1 is 1.19 bits per heavy atom. The Morgan fingerprint density at radius 2 is 1.90 bits per heavy atom. The normalized spacial score (nSPS) is 29.4. The van der Waals surface area contributed by atoms with Gasteiger partial charge in [-0.15, -0.1) is 0 Å². The van der Waals surface area contributed by atoms with Crippen LogP contribution in [0, 0.1) is 5.92 Å². The number of aromatic nitrogens is 2. The molecule has 118 valence electrons. The summed E-state index contributed by atoms with van der Waals surface area (Å²) in [7, 11) is 0. The molecule has 1 aromatic rings. The molecule has 2 N–H and O–H groups in total. The van der Waals surface area contributed by atoms with Crippen LogP contribution in [0.3, 0.4) is 0 Å². The zero-order valence-corrected chi connectivity index (χ0v) is 13.1. The minimum Gasteiger partial charge on any atom is -0.339 e. The average molecular weight is 292 g/mol. The molecule has 1 aromatic heterocycles. The molecule has 1 unspecified atom stereocenters. The van der Waals surface area contributed by atoms with Crippen molar-refractivity contribution < 1.29 is 4.52 Å². The fourth-order valence-electron chi connectivity index (χ4n) is 3.57. The van der Waals surface area contributed by atoms with Crippen LogP contribution in [0.5, 0.6) is 0 Å². The molecule has 1 saturated carbocycles. The van der Waals surface area contributed by atoms with Gasteiger partial charge in [0.15, 0.2) is 5.82 Å². The van der Waals surface area contributed by atoms with E-state index in [0.717, 1.165) is 31.4 Å². The lowest BCUT2D eigenvalue weighted by Gasteiger charge is -2.27. The van der Waals surface area contributed by atoms with Gasteiger partial charge < -0.3 is 15.2 Å². The van der Waals surface area contributed by atoms with E-state index in [1.54, 1.807) is 0 Å². The van der Waals surface area contributed by atoms with Crippen LogP contribution in [0.2, 0.25) is 0 Å². The Morgan fingerprint density at radius 3 is 2.62 bits per heavy atom. The van der Waals surface area contributed by atoms with Crippen molar-refractivity contribution >= 4 is 0 Å². The van der Waals surface area contributed by atoms with E-state index < -0.39 is 0 Å². The monoisotopic (exact) mass is 292 g/mol. The number of nitrogens with two attached hydrogens (primary N) is 1. The molecule has 1 aliphatic heterocycles. The Bertz CT molecular complexity index is 433. The molecular formula is C16H28N4O. The predicted molar refractivity (Wildman–Crippen MR) is 81.9 cm³/mol. The summed E-state index contributed by atoms with van der Waals surface area (Å²) in [5.74, 6) is 2.79. The van der Waals surface area contributed by atoms with Crippen molar-refractivity contribution in [2.45, 2.75) is 63.8 Å². The number of hydrogen-bond acceptors (Lipinski definition) is 5. The van der Waals surface area contributed by atoms with Gasteiger partial charge in [-0.05, 0) is 57.5 Å². The van der Waals surface area contributed by atoms with Gasteiger partial charge in [0.05, 0.1) is 6.04 Å². The third kappa shape index (κ3) is 3.83. The first-order valence-electron chi connectivity index (χ1n) is 8.54. The molecule has 1 aliphatic carbocycles. The zero-order valence-electron chi connectivity index (χ0n) is 13.1. The first-order valence-corrected chi connectivity index (χ1v) is 8.54. The highest BCUT2D eigenvalue weighted by molar-refractivity contribution is 5.00. The summed E-state index contributed by atoms with van der Waals surface area (Å²) in [4.78, 5) is 7.02. The second kappa shape index (κ2) is 6.88. The van der Waals surface area contributed by atoms with Crippen molar-refractivity contribution in [2.75, 3.05) is 19.6 Å². The first kappa shape index (κ1) is 15.0. The van der Waals surface area contributed by atoms with Crippen molar-refractivity contribution in [1.29, 1.82) is 0 Å². The summed E-state index contributed by atoms with van der Waals surface area (Å²) in [6, 6.07) is -0.122. The van der Waals surface area contributed by atoms with Gasteiger partial charge >= 0.3 is 0 Å². The Kier molecular flexibility index (Phi) is 4.91. The van der Waals surface area contributed by atoms with Crippen LogP contribution in [0.15, 0.2) is 4.52 Å². The minimum absolute atomic E-state index is 0.122. The van der Waals surface area contributed by atoms with Crippen LogP contribution in [-0.2, 0) is 0 Å². The van der Waals surface area contributed by atoms with Gasteiger partial charge in [0, 0.05) is 12.5 Å². The van der Waals surface area contributed by atoms with Gasteiger partial charge in [-0.2, -0.15) is 4.98 Å². The molecule has 3 rings (SSSR count). The van der Waals surface area contributed by atoms with Crippen molar-refractivity contribution in [3.8, 4) is 0 Å². The molecule has 1 saturated heterocycles. The highest BCUT2D eigenvalue weighted by Crippen LogP contribution is 2.34. The van der Waals surface area contributed by atoms with Gasteiger partial charge in [-0.3, -0.25) is 0 Å². The van der Waals surface area contributed by atoms with E-state index in [1.807, 2.05) is 0 Å². The van der Waals surface area contributed by atoms with E-state index in [1.165, 1.54) is 44.9 Å². The van der Waals surface area contributed by atoms with E-state index in [2.05, 4.69) is 22.0 Å². The summed E-state index contributed by atoms with van der Waals surface area (Å²) < 4.78 is 5.49. The molecule has 0 aromatic carbocycles. The maximum absolute atomic E-state index is 6.26. The molecule has 2 heterocycles. The molecule has 5 heteroatoms. The van der Waals surface area contributed by atoms with Gasteiger partial charge in [-0.25, -0.2) is 0 Å². The third-order valence-corrected chi connectivity index (χ3v) is 5.06. The summed E-state index contributed by atoms with van der Waals surface area (Å²) >= 11 is 0. The zero-order chi connectivity index (χ0) is 14.7. The van der Waals surface area contributed by atoms with Gasteiger partial charge in [0.2, 0.25) is 5.89 Å². The lowest BCUT2D eigenvalue weighted by molar-refractivity contribution is 0.213. The molecule has 0 spiro atoms. The van der Waals surface area contributed by atoms with E-state index >= 15 is 0 Å². The number of hydrogen-bond donors (Lipinski definition) is 1. The maximum Gasteiger partial charge on any atom is 0.229 e. The van der Waals surface area contributed by atoms with Crippen molar-refractivity contribution in [3.63, 3.8) is 0 Å². The average Bonchev–Trinajstić information content (AvgIpc) is 2.99. The lowest BCUT2D eigenvalue weighted by atomic mass is 9.83. The predicted octanol–water partition coefficient (Wildman–Crippen LogP) is 2.85. The quantitative estimate of drug-likeness (QED) is 0.924. The van der Waals surface area contributed by atoms with E-state index in [4.69, 9.17) is 10.3 Å². The molecule has 1 atom stereocenters. The third-order valence-electron chi connectivity index (χ3n) is 5.06. The number of nitrogens with zero attached hydrogens (tertiary/aromatic N) is 3. The fourth-order valence-corrected chi connectivity index (χ4v) is 3.57. The standard InChI is InChI=1S/C16H28N4O/c1-12-5-7-13(8-6-12)16-18-15(19-21-16)14(17)11-20-9-3-2-4-10-20/h12-14H,2-11,17H2,1H3. The summed E-state index contributed by atoms with van der Waals surface area (Å²) in [6.45, 7) is 5.47. The van der Waals surface area contributed by atoms with E-state index in [9.17, 15) is 0 Å². The van der Waals surface area contributed by atoms with Crippen molar-refractivity contribution in [2.24, 2.45) is 11.7 Å². The molecular weight excluding hydrogens is 264 g/mol. The van der Waals surface area contributed by atoms with Crippen LogP contribution in [0.4, 0.5) is 0 Å². The molecule has 0 radical (unpaired) electrons. The highest BCUT2D eigenvalue weighted by Gasteiger charge is 2.26. The summed E-state index contributed by atoms with van der Waals surface area (Å²) in [5.41, 5.74) is 6.26. The Labute approximate surface area is 127 Å². The topological polar surface area (TPSA) is 68.2 Å². The summed E-state index contributed by atoms with van der Waals surface area (Å²) in [5, 5.41) is 4.14. The number of piperidine rings is 1. The van der Waals surface area contributed by atoms with E-state index in [0.29, 0.717) is 11.7 Å². The Balaban J connectivity index is 1.56. The largest absolute Gasteiger partial charge is 0.339 e. The molecule has 0 amide bonds. The molecule has 2 aliphatic rings. The smallest absolute Gasteiger partial charge is 0.229 e. The number of rotatable bonds is 4. The van der Waals surface area contributed by atoms with Crippen molar-refractivity contribution in [1.82, 2.24) is 15.0 Å². The first-order chi connectivity index (χ1) is 10.2. The van der Waals surface area contributed by atoms with Crippen LogP contribution < -0.4 is 5.73 Å². The second-order valence-corrected chi connectivity index (χ2v) is 6.92. The van der Waals surface area contributed by atoms with Gasteiger partial charge in [-0.1, -0.05) is 18.5 Å². The molecule has 0 bridgehead atoms. The minimum atomic E-state index is -0.122. The lowest BCUT2D eigenvalue weighted by Crippen LogP contribution is -2.36. The van der Waals surface area contributed by atoms with Gasteiger partial charge in [0.1, 0.15) is 0 Å². The van der Waals surface area contributed by atoms with Crippen LogP contribution in [-0.4, -0.2) is 34.7 Å². The van der Waals surface area contributed by atoms with Crippen LogP contribution in [0.1, 0.15) is 75.5 Å². The molecule has 2 fully saturated rings. The SMILES string of the molecule is CC1CCC(c2nc(C(N)CN3CCCCC3)no2)CC1. The summed E-state index contributed by atoms with van der Waals surface area (Å²) in [6.07, 6.45) is 8.78. The van der Waals surface area contributed by atoms with E-state index in [-0.39, 0.29) is 6.04 Å². The van der Waals surface area contributed by atoms with Gasteiger partial charge in [0.25, 0.3) is 0 Å². The highest BCUT2D eigenvalue weighted by atomic mass is 16.5. The second-order valence-electron chi connectivity index (χ2n) is 6.92. The Hall–Kier alpha value is -0.940. The number of likely N-dealkylation sites (tertiary alicyclic amines) is 1.